The van der Waals surface area contributed by atoms with Crippen LogP contribution in [0.4, 0.5) is 0 Å². The minimum Gasteiger partial charge on any atom is -0.255 e. The molecule has 1 atom stereocenters. The van der Waals surface area contributed by atoms with Crippen LogP contribution in [0.5, 0.6) is 0 Å². The molecule has 0 fully saturated rings. The largest absolute Gasteiger partial charge is 0.255 e. The first-order valence-electron chi connectivity index (χ1n) is 2.76. The Bertz CT molecular complexity index is 282. The van der Waals surface area contributed by atoms with Crippen LogP contribution in [-0.2, 0) is 10.8 Å². The van der Waals surface area contributed by atoms with Gasteiger partial charge in [0.05, 0.1) is 0 Å². The molecule has 0 aliphatic heterocycles. The SMILES string of the molecule is CS(=O)c1cc(Br)nc(Br)c1. The number of pyridine rings is 1. The van der Waals surface area contributed by atoms with Crippen LogP contribution in [0.3, 0.4) is 0 Å². The summed E-state index contributed by atoms with van der Waals surface area (Å²) < 4.78 is 12.4. The molecule has 0 aliphatic rings. The maximum atomic E-state index is 11.0. The molecule has 0 N–H and O–H groups in total. The highest BCUT2D eigenvalue weighted by molar-refractivity contribution is 9.11. The van der Waals surface area contributed by atoms with Gasteiger partial charge in [0.15, 0.2) is 0 Å². The highest BCUT2D eigenvalue weighted by Crippen LogP contribution is 2.17. The van der Waals surface area contributed by atoms with Crippen LogP contribution >= 0.6 is 31.9 Å². The van der Waals surface area contributed by atoms with Gasteiger partial charge in [-0.05, 0) is 44.0 Å². The third-order valence-electron chi connectivity index (χ3n) is 1.07. The van der Waals surface area contributed by atoms with Crippen molar-refractivity contribution in [2.24, 2.45) is 0 Å². The van der Waals surface area contributed by atoms with Crippen molar-refractivity contribution in [3.8, 4) is 0 Å². The second-order valence-electron chi connectivity index (χ2n) is 1.90. The second kappa shape index (κ2) is 3.78. The number of rotatable bonds is 1. The van der Waals surface area contributed by atoms with E-state index in [2.05, 4.69) is 36.8 Å². The zero-order chi connectivity index (χ0) is 8.43. The van der Waals surface area contributed by atoms with Crippen LogP contribution < -0.4 is 0 Å². The first-order chi connectivity index (χ1) is 5.09. The van der Waals surface area contributed by atoms with E-state index in [1.807, 2.05) is 0 Å². The van der Waals surface area contributed by atoms with Gasteiger partial charge in [-0.3, -0.25) is 4.21 Å². The van der Waals surface area contributed by atoms with Gasteiger partial charge in [0.25, 0.3) is 0 Å². The molecule has 0 bridgehead atoms. The van der Waals surface area contributed by atoms with Crippen molar-refractivity contribution < 1.29 is 4.21 Å². The summed E-state index contributed by atoms with van der Waals surface area (Å²) in [6.45, 7) is 0. The van der Waals surface area contributed by atoms with Crippen molar-refractivity contribution in [3.63, 3.8) is 0 Å². The van der Waals surface area contributed by atoms with Gasteiger partial charge in [-0.15, -0.1) is 0 Å². The summed E-state index contributed by atoms with van der Waals surface area (Å²) in [5, 5.41) is 0. The van der Waals surface area contributed by atoms with E-state index >= 15 is 0 Å². The van der Waals surface area contributed by atoms with E-state index in [-0.39, 0.29) is 0 Å². The summed E-state index contributed by atoms with van der Waals surface area (Å²) in [6.07, 6.45) is 1.63. The smallest absolute Gasteiger partial charge is 0.108 e. The molecular weight excluding hydrogens is 294 g/mol. The summed E-state index contributed by atoms with van der Waals surface area (Å²) in [7, 11) is -0.950. The lowest BCUT2D eigenvalue weighted by molar-refractivity contribution is 0.686. The molecule has 0 aliphatic carbocycles. The topological polar surface area (TPSA) is 30.0 Å². The first kappa shape index (κ1) is 9.35. The maximum absolute atomic E-state index is 11.0. The summed E-state index contributed by atoms with van der Waals surface area (Å²) in [5.74, 6) is 0. The standard InChI is InChI=1S/C6H5Br2NOS/c1-11(10)4-2-5(7)9-6(8)3-4/h2-3H,1H3. The van der Waals surface area contributed by atoms with Crippen molar-refractivity contribution in [3.05, 3.63) is 21.3 Å². The number of halogens is 2. The Morgan fingerprint density at radius 2 is 1.82 bits per heavy atom. The maximum Gasteiger partial charge on any atom is 0.108 e. The highest BCUT2D eigenvalue weighted by Gasteiger charge is 2.00. The molecule has 1 aromatic rings. The third-order valence-corrected chi connectivity index (χ3v) is 2.78. The van der Waals surface area contributed by atoms with E-state index in [0.717, 1.165) is 4.90 Å². The van der Waals surface area contributed by atoms with E-state index in [1.54, 1.807) is 18.4 Å². The van der Waals surface area contributed by atoms with Gasteiger partial charge < -0.3 is 0 Å². The van der Waals surface area contributed by atoms with Crippen molar-refractivity contribution in [2.45, 2.75) is 4.90 Å². The molecule has 0 amide bonds. The molecule has 5 heteroatoms. The molecular formula is C6H5Br2NOS. The monoisotopic (exact) mass is 297 g/mol. The van der Waals surface area contributed by atoms with Crippen LogP contribution in [0.15, 0.2) is 26.2 Å². The Balaban J connectivity index is 3.19. The lowest BCUT2D eigenvalue weighted by atomic mass is 10.5. The third kappa shape index (κ3) is 2.65. The average Bonchev–Trinajstić information content (AvgIpc) is 1.85. The molecule has 2 nitrogen and oxygen atoms in total. The van der Waals surface area contributed by atoms with Crippen LogP contribution in [-0.4, -0.2) is 15.4 Å². The van der Waals surface area contributed by atoms with Gasteiger partial charge >= 0.3 is 0 Å². The van der Waals surface area contributed by atoms with E-state index in [1.165, 1.54) is 0 Å². The average molecular weight is 299 g/mol. The summed E-state index contributed by atoms with van der Waals surface area (Å²) in [5.41, 5.74) is 0. The van der Waals surface area contributed by atoms with Gasteiger partial charge in [-0.2, -0.15) is 0 Å². The van der Waals surface area contributed by atoms with Crippen LogP contribution in [0.25, 0.3) is 0 Å². The minimum atomic E-state index is -0.950. The van der Waals surface area contributed by atoms with E-state index < -0.39 is 10.8 Å². The Labute approximate surface area is 84.1 Å². The van der Waals surface area contributed by atoms with Crippen molar-refractivity contribution in [1.82, 2.24) is 4.98 Å². The van der Waals surface area contributed by atoms with Gasteiger partial charge in [0.2, 0.25) is 0 Å². The molecule has 11 heavy (non-hydrogen) atoms. The molecule has 0 spiro atoms. The molecule has 1 unspecified atom stereocenters. The minimum absolute atomic E-state index is 0.692. The fraction of sp³-hybridized carbons (Fsp3) is 0.167. The lowest BCUT2D eigenvalue weighted by Crippen LogP contribution is -1.89. The Hall–Kier alpha value is 0.260. The number of hydrogen-bond donors (Lipinski definition) is 0. The van der Waals surface area contributed by atoms with Crippen molar-refractivity contribution >= 4 is 42.7 Å². The Morgan fingerprint density at radius 3 is 2.18 bits per heavy atom. The van der Waals surface area contributed by atoms with Crippen molar-refractivity contribution in [2.75, 3.05) is 6.26 Å². The van der Waals surface area contributed by atoms with Gasteiger partial charge in [-0.1, -0.05) is 0 Å². The summed E-state index contributed by atoms with van der Waals surface area (Å²) in [4.78, 5) is 4.78. The fourth-order valence-corrected chi connectivity index (χ4v) is 2.58. The molecule has 60 valence electrons. The quantitative estimate of drug-likeness (QED) is 0.745. The molecule has 1 aromatic heterocycles. The fourth-order valence-electron chi connectivity index (χ4n) is 0.609. The Morgan fingerprint density at radius 1 is 1.36 bits per heavy atom. The molecule has 0 saturated heterocycles. The lowest BCUT2D eigenvalue weighted by Gasteiger charge is -1.97. The predicted molar refractivity (Wildman–Crippen MR) is 52.0 cm³/mol. The molecule has 1 heterocycles. The van der Waals surface area contributed by atoms with E-state index in [0.29, 0.717) is 9.21 Å². The number of hydrogen-bond acceptors (Lipinski definition) is 2. The Kier molecular flexibility index (Phi) is 3.21. The van der Waals surface area contributed by atoms with Gasteiger partial charge in [-0.25, -0.2) is 4.98 Å². The molecule has 0 aromatic carbocycles. The van der Waals surface area contributed by atoms with Gasteiger partial charge in [0.1, 0.15) is 9.21 Å². The normalized spacial score (nSPS) is 13.0. The zero-order valence-electron chi connectivity index (χ0n) is 5.67. The predicted octanol–water partition coefficient (Wildman–Crippen LogP) is 2.34. The molecule has 1 rings (SSSR count). The molecule has 0 saturated carbocycles. The van der Waals surface area contributed by atoms with E-state index in [4.69, 9.17) is 0 Å². The second-order valence-corrected chi connectivity index (χ2v) is 4.91. The molecule has 0 radical (unpaired) electrons. The van der Waals surface area contributed by atoms with Crippen LogP contribution in [0.2, 0.25) is 0 Å². The highest BCUT2D eigenvalue weighted by atomic mass is 79.9. The van der Waals surface area contributed by atoms with Crippen LogP contribution in [0, 0.1) is 0 Å². The van der Waals surface area contributed by atoms with Crippen LogP contribution in [0.1, 0.15) is 0 Å². The van der Waals surface area contributed by atoms with E-state index in [9.17, 15) is 4.21 Å². The van der Waals surface area contributed by atoms with Gasteiger partial charge in [0, 0.05) is 22.0 Å². The first-order valence-corrected chi connectivity index (χ1v) is 5.90. The summed E-state index contributed by atoms with van der Waals surface area (Å²) in [6, 6.07) is 3.47. The van der Waals surface area contributed by atoms with Crippen molar-refractivity contribution in [1.29, 1.82) is 0 Å². The number of nitrogens with zero attached hydrogens (tertiary/aromatic N) is 1. The number of aromatic nitrogens is 1. The summed E-state index contributed by atoms with van der Waals surface area (Å²) >= 11 is 6.41. The zero-order valence-corrected chi connectivity index (χ0v) is 9.66.